The van der Waals surface area contributed by atoms with Crippen LogP contribution in [0.5, 0.6) is 0 Å². The van der Waals surface area contributed by atoms with E-state index in [1.807, 2.05) is 0 Å². The lowest BCUT2D eigenvalue weighted by atomic mass is 9.77. The van der Waals surface area contributed by atoms with Gasteiger partial charge in [-0.3, -0.25) is 9.59 Å². The second-order valence-electron chi connectivity index (χ2n) is 9.89. The molecule has 4 aliphatic rings. The van der Waals surface area contributed by atoms with Crippen LogP contribution in [0.1, 0.15) is 89.9 Å². The number of ether oxygens (including phenoxy) is 2. The maximum atomic E-state index is 12.6. The molecule has 30 heavy (non-hydrogen) atoms. The Hall–Kier alpha value is -1.14. The van der Waals surface area contributed by atoms with Gasteiger partial charge in [0.2, 0.25) is 11.8 Å². The average molecular weight is 421 g/mol. The van der Waals surface area contributed by atoms with Gasteiger partial charge in [-0.1, -0.05) is 25.7 Å². The summed E-state index contributed by atoms with van der Waals surface area (Å²) in [6, 6.07) is 0. The van der Waals surface area contributed by atoms with Crippen molar-refractivity contribution in [3.8, 4) is 0 Å². The molecule has 0 N–H and O–H groups in total. The zero-order chi connectivity index (χ0) is 20.9. The molecule has 170 valence electrons. The second kappa shape index (κ2) is 9.99. The standard InChI is InChI=1S/C24H40N2O4/c27-21(25-15-9-23(25)11-17-29-18-12-23)7-5-3-1-2-4-6-8-22(28)26-16-10-24(26)13-19-30-20-14-24/h1-20H2. The Morgan fingerprint density at radius 2 is 0.933 bits per heavy atom. The Balaban J connectivity index is 1.02. The Bertz CT molecular complexity index is 544. The smallest absolute Gasteiger partial charge is 0.223 e. The van der Waals surface area contributed by atoms with Crippen molar-refractivity contribution in [3.63, 3.8) is 0 Å². The van der Waals surface area contributed by atoms with Crippen LogP contribution in [0.25, 0.3) is 0 Å². The molecule has 6 heteroatoms. The van der Waals surface area contributed by atoms with Gasteiger partial charge in [0, 0.05) is 63.4 Å². The van der Waals surface area contributed by atoms with Gasteiger partial charge in [-0.15, -0.1) is 0 Å². The monoisotopic (exact) mass is 420 g/mol. The summed E-state index contributed by atoms with van der Waals surface area (Å²) < 4.78 is 10.9. The van der Waals surface area contributed by atoms with Gasteiger partial charge < -0.3 is 19.3 Å². The largest absolute Gasteiger partial charge is 0.381 e. The van der Waals surface area contributed by atoms with E-state index in [2.05, 4.69) is 9.80 Å². The lowest BCUT2D eigenvalue weighted by Gasteiger charge is -2.55. The highest BCUT2D eigenvalue weighted by Crippen LogP contribution is 2.40. The minimum atomic E-state index is 0.140. The number of nitrogens with zero attached hydrogens (tertiary/aromatic N) is 2. The molecule has 0 aromatic carbocycles. The van der Waals surface area contributed by atoms with Crippen molar-refractivity contribution in [3.05, 3.63) is 0 Å². The molecule has 0 aromatic heterocycles. The van der Waals surface area contributed by atoms with Gasteiger partial charge in [0.1, 0.15) is 0 Å². The molecule has 4 saturated heterocycles. The van der Waals surface area contributed by atoms with Crippen LogP contribution in [0.2, 0.25) is 0 Å². The fourth-order valence-corrected chi connectivity index (χ4v) is 5.93. The fourth-order valence-electron chi connectivity index (χ4n) is 5.93. The number of unbranched alkanes of at least 4 members (excludes halogenated alkanes) is 5. The second-order valence-corrected chi connectivity index (χ2v) is 9.89. The number of carbonyl (C=O) groups is 2. The van der Waals surface area contributed by atoms with Gasteiger partial charge in [0.05, 0.1) is 0 Å². The van der Waals surface area contributed by atoms with Crippen LogP contribution in [0.3, 0.4) is 0 Å². The zero-order valence-electron chi connectivity index (χ0n) is 18.7. The predicted molar refractivity (Wildman–Crippen MR) is 115 cm³/mol. The molecule has 0 bridgehead atoms. The summed E-state index contributed by atoms with van der Waals surface area (Å²) in [6.07, 6.45) is 14.4. The van der Waals surface area contributed by atoms with E-state index in [1.54, 1.807) is 0 Å². The summed E-state index contributed by atoms with van der Waals surface area (Å²) in [5.74, 6) is 0.704. The van der Waals surface area contributed by atoms with Crippen LogP contribution in [0.15, 0.2) is 0 Å². The number of likely N-dealkylation sites (tertiary alicyclic amines) is 2. The van der Waals surface area contributed by atoms with Gasteiger partial charge in [0.15, 0.2) is 0 Å². The molecule has 2 amide bonds. The summed E-state index contributed by atoms with van der Waals surface area (Å²) in [4.78, 5) is 29.4. The van der Waals surface area contributed by atoms with Crippen molar-refractivity contribution in [2.45, 2.75) is 101 Å². The molecule has 6 nitrogen and oxygen atoms in total. The minimum absolute atomic E-state index is 0.140. The number of carbonyl (C=O) groups excluding carboxylic acids is 2. The summed E-state index contributed by atoms with van der Waals surface area (Å²) in [5, 5.41) is 0. The maximum absolute atomic E-state index is 12.6. The topological polar surface area (TPSA) is 59.1 Å². The first-order chi connectivity index (χ1) is 14.7. The Morgan fingerprint density at radius 3 is 1.27 bits per heavy atom. The summed E-state index contributed by atoms with van der Waals surface area (Å²) in [7, 11) is 0. The Labute approximate surface area is 181 Å². The molecule has 0 unspecified atom stereocenters. The quantitative estimate of drug-likeness (QED) is 0.534. The zero-order valence-corrected chi connectivity index (χ0v) is 18.7. The third-order valence-corrected chi connectivity index (χ3v) is 8.23. The molecule has 4 rings (SSSR count). The summed E-state index contributed by atoms with van der Waals surface area (Å²) in [5.41, 5.74) is 0.281. The average Bonchev–Trinajstić information content (AvgIpc) is 2.75. The van der Waals surface area contributed by atoms with Crippen molar-refractivity contribution in [1.29, 1.82) is 0 Å². The van der Waals surface area contributed by atoms with Crippen LogP contribution in [0, 0.1) is 0 Å². The highest BCUT2D eigenvalue weighted by atomic mass is 16.5. The number of rotatable bonds is 9. The first-order valence-corrected chi connectivity index (χ1v) is 12.4. The van der Waals surface area contributed by atoms with Gasteiger partial charge in [-0.25, -0.2) is 0 Å². The van der Waals surface area contributed by atoms with Crippen molar-refractivity contribution in [2.75, 3.05) is 39.5 Å². The Kier molecular flexibility index (Phi) is 7.35. The first-order valence-electron chi connectivity index (χ1n) is 12.4. The lowest BCUT2D eigenvalue weighted by Crippen LogP contribution is -2.64. The molecular weight excluding hydrogens is 380 g/mol. The fraction of sp³-hybridized carbons (Fsp3) is 0.917. The van der Waals surface area contributed by atoms with E-state index in [0.717, 1.165) is 104 Å². The molecule has 0 aliphatic carbocycles. The highest BCUT2D eigenvalue weighted by molar-refractivity contribution is 5.78. The van der Waals surface area contributed by atoms with E-state index in [4.69, 9.17) is 9.47 Å². The molecule has 4 heterocycles. The van der Waals surface area contributed by atoms with E-state index < -0.39 is 0 Å². The van der Waals surface area contributed by atoms with Crippen molar-refractivity contribution < 1.29 is 19.1 Å². The highest BCUT2D eigenvalue weighted by Gasteiger charge is 2.48. The van der Waals surface area contributed by atoms with Crippen LogP contribution in [-0.2, 0) is 19.1 Å². The van der Waals surface area contributed by atoms with Crippen LogP contribution in [-0.4, -0.2) is 72.2 Å². The number of hydrogen-bond acceptors (Lipinski definition) is 4. The maximum Gasteiger partial charge on any atom is 0.223 e. The molecule has 0 aromatic rings. The molecule has 4 fully saturated rings. The summed E-state index contributed by atoms with van der Waals surface area (Å²) in [6.45, 7) is 5.11. The van der Waals surface area contributed by atoms with E-state index in [0.29, 0.717) is 24.7 Å². The molecule has 0 atom stereocenters. The van der Waals surface area contributed by atoms with Crippen molar-refractivity contribution in [2.24, 2.45) is 0 Å². The normalized spacial score (nSPS) is 24.5. The van der Waals surface area contributed by atoms with E-state index in [1.165, 1.54) is 12.8 Å². The molecule has 4 aliphatic heterocycles. The van der Waals surface area contributed by atoms with E-state index >= 15 is 0 Å². The van der Waals surface area contributed by atoms with Gasteiger partial charge in [0.25, 0.3) is 0 Å². The number of hydrogen-bond donors (Lipinski definition) is 0. The van der Waals surface area contributed by atoms with Crippen molar-refractivity contribution in [1.82, 2.24) is 9.80 Å². The van der Waals surface area contributed by atoms with Crippen molar-refractivity contribution >= 4 is 11.8 Å². The van der Waals surface area contributed by atoms with E-state index in [9.17, 15) is 9.59 Å². The van der Waals surface area contributed by atoms with Crippen LogP contribution in [0.4, 0.5) is 0 Å². The molecule has 0 radical (unpaired) electrons. The third-order valence-electron chi connectivity index (χ3n) is 8.23. The molecule has 2 spiro atoms. The predicted octanol–water partition coefficient (Wildman–Crippen LogP) is 3.67. The molecular formula is C24H40N2O4. The third kappa shape index (κ3) is 4.69. The number of amides is 2. The van der Waals surface area contributed by atoms with Gasteiger partial charge in [-0.05, 0) is 51.4 Å². The van der Waals surface area contributed by atoms with E-state index in [-0.39, 0.29) is 11.1 Å². The van der Waals surface area contributed by atoms with Crippen LogP contribution < -0.4 is 0 Å². The minimum Gasteiger partial charge on any atom is -0.381 e. The molecule has 0 saturated carbocycles. The Morgan fingerprint density at radius 1 is 0.567 bits per heavy atom. The van der Waals surface area contributed by atoms with Crippen LogP contribution >= 0.6 is 0 Å². The lowest BCUT2D eigenvalue weighted by molar-refractivity contribution is -0.157. The van der Waals surface area contributed by atoms with Gasteiger partial charge in [-0.2, -0.15) is 0 Å². The first kappa shape index (κ1) is 22.1. The summed E-state index contributed by atoms with van der Waals surface area (Å²) >= 11 is 0. The SMILES string of the molecule is O=C(CCCCCCCCC(=O)N1CCC12CCOCC2)N1CCC12CCOCC2. The van der Waals surface area contributed by atoms with Gasteiger partial charge >= 0.3 is 0 Å².